The van der Waals surface area contributed by atoms with Gasteiger partial charge in [-0.25, -0.2) is 4.98 Å². The molecule has 5 nitrogen and oxygen atoms in total. The second-order valence-electron chi connectivity index (χ2n) is 6.93. The van der Waals surface area contributed by atoms with E-state index < -0.39 is 0 Å². The smallest absolute Gasteiger partial charge is 0.251 e. The van der Waals surface area contributed by atoms with E-state index in [2.05, 4.69) is 34.1 Å². The van der Waals surface area contributed by atoms with Gasteiger partial charge in [0.25, 0.3) is 5.91 Å². The molecule has 1 aromatic heterocycles. The maximum Gasteiger partial charge on any atom is 0.251 e. The molecule has 1 N–H and O–H groups in total. The predicted octanol–water partition coefficient (Wildman–Crippen LogP) is 2.28. The molecule has 2 unspecified atom stereocenters. The normalized spacial score (nSPS) is 25.6. The van der Waals surface area contributed by atoms with Crippen LogP contribution in [0.3, 0.4) is 0 Å². The lowest BCUT2D eigenvalue weighted by atomic mass is 10.0. The second-order valence-corrected chi connectivity index (χ2v) is 6.93. The third-order valence-electron chi connectivity index (χ3n) is 5.27. The fraction of sp³-hybridized carbons (Fsp3) is 0.667. The van der Waals surface area contributed by atoms with Crippen molar-refractivity contribution in [2.75, 3.05) is 31.6 Å². The largest absolute Gasteiger partial charge is 0.354 e. The van der Waals surface area contributed by atoms with Crippen molar-refractivity contribution in [3.05, 3.63) is 23.9 Å². The van der Waals surface area contributed by atoms with Crippen LogP contribution in [0, 0.1) is 0 Å². The van der Waals surface area contributed by atoms with Crippen LogP contribution >= 0.6 is 0 Å². The lowest BCUT2D eigenvalue weighted by Gasteiger charge is -2.34. The molecule has 3 heterocycles. The van der Waals surface area contributed by atoms with Gasteiger partial charge < -0.3 is 15.1 Å². The molecule has 0 spiro atoms. The summed E-state index contributed by atoms with van der Waals surface area (Å²) in [5.74, 6) is 0.946. The lowest BCUT2D eigenvalue weighted by molar-refractivity contribution is 0.0943. The molecule has 0 aliphatic carbocycles. The highest BCUT2D eigenvalue weighted by molar-refractivity contribution is 5.94. The van der Waals surface area contributed by atoms with Gasteiger partial charge in [0.05, 0.1) is 0 Å². The van der Waals surface area contributed by atoms with Crippen LogP contribution in [0.4, 0.5) is 5.82 Å². The highest BCUT2D eigenvalue weighted by Gasteiger charge is 2.22. The van der Waals surface area contributed by atoms with E-state index in [1.165, 1.54) is 32.1 Å². The number of amides is 1. The van der Waals surface area contributed by atoms with Gasteiger partial charge in [-0.15, -0.1) is 0 Å². The van der Waals surface area contributed by atoms with Crippen molar-refractivity contribution in [1.82, 2.24) is 15.2 Å². The minimum absolute atomic E-state index is 0.0126. The molecule has 3 rings (SSSR count). The number of nitrogens with one attached hydrogen (secondary N) is 1. The Labute approximate surface area is 139 Å². The summed E-state index contributed by atoms with van der Waals surface area (Å²) in [6.07, 6.45) is 7.84. The van der Waals surface area contributed by atoms with Gasteiger partial charge in [0.2, 0.25) is 0 Å². The number of hydrogen-bond donors (Lipinski definition) is 1. The van der Waals surface area contributed by atoms with E-state index in [0.29, 0.717) is 17.6 Å². The Hall–Kier alpha value is -1.62. The van der Waals surface area contributed by atoms with Crippen LogP contribution in [0.2, 0.25) is 0 Å². The summed E-state index contributed by atoms with van der Waals surface area (Å²) < 4.78 is 0. The predicted molar refractivity (Wildman–Crippen MR) is 92.9 cm³/mol. The maximum atomic E-state index is 12.4. The fourth-order valence-corrected chi connectivity index (χ4v) is 3.70. The second kappa shape index (κ2) is 7.30. The number of anilines is 1. The molecule has 0 bridgehead atoms. The van der Waals surface area contributed by atoms with Crippen LogP contribution in [0.1, 0.15) is 49.4 Å². The average Bonchev–Trinajstić information content (AvgIpc) is 2.98. The standard InChI is InChI=1S/C18H28N4O/c1-14-6-3-4-11-22(14)17-12-15(8-9-19-17)18(23)20-13-16-7-5-10-21(16)2/h8-9,12,14,16H,3-7,10-11,13H2,1-2H3,(H,20,23). The Balaban J connectivity index is 1.63. The Morgan fingerprint density at radius 2 is 2.17 bits per heavy atom. The molecular weight excluding hydrogens is 288 g/mol. The Morgan fingerprint density at radius 3 is 2.91 bits per heavy atom. The van der Waals surface area contributed by atoms with E-state index in [9.17, 15) is 4.79 Å². The number of hydrogen-bond acceptors (Lipinski definition) is 4. The first-order valence-corrected chi connectivity index (χ1v) is 8.86. The monoisotopic (exact) mass is 316 g/mol. The van der Waals surface area contributed by atoms with Crippen molar-refractivity contribution in [3.8, 4) is 0 Å². The molecule has 2 saturated heterocycles. The van der Waals surface area contributed by atoms with Crippen molar-refractivity contribution >= 4 is 11.7 Å². The molecule has 0 saturated carbocycles. The maximum absolute atomic E-state index is 12.4. The van der Waals surface area contributed by atoms with Crippen molar-refractivity contribution in [1.29, 1.82) is 0 Å². The molecule has 23 heavy (non-hydrogen) atoms. The van der Waals surface area contributed by atoms with E-state index in [-0.39, 0.29) is 5.91 Å². The molecular formula is C18H28N4O. The number of likely N-dealkylation sites (tertiary alicyclic amines) is 1. The SMILES string of the molecule is CC1CCCCN1c1cc(C(=O)NCC2CCCN2C)ccn1. The number of nitrogens with zero attached hydrogens (tertiary/aromatic N) is 3. The summed E-state index contributed by atoms with van der Waals surface area (Å²) in [5, 5.41) is 3.09. The van der Waals surface area contributed by atoms with Gasteiger partial charge in [0.15, 0.2) is 0 Å². The molecule has 2 aliphatic heterocycles. The molecule has 1 amide bonds. The van der Waals surface area contributed by atoms with E-state index in [4.69, 9.17) is 0 Å². The van der Waals surface area contributed by atoms with E-state index in [1.807, 2.05) is 12.1 Å². The first-order valence-electron chi connectivity index (χ1n) is 8.86. The number of rotatable bonds is 4. The van der Waals surface area contributed by atoms with Gasteiger partial charge in [-0.3, -0.25) is 4.79 Å². The molecule has 126 valence electrons. The zero-order valence-electron chi connectivity index (χ0n) is 14.3. The van der Waals surface area contributed by atoms with Crippen LogP contribution in [-0.4, -0.2) is 54.6 Å². The summed E-state index contributed by atoms with van der Waals surface area (Å²) in [6.45, 7) is 5.13. The Bertz CT molecular complexity index is 548. The highest BCUT2D eigenvalue weighted by atomic mass is 16.1. The van der Waals surface area contributed by atoms with Crippen molar-refractivity contribution in [2.45, 2.75) is 51.1 Å². The number of aromatic nitrogens is 1. The van der Waals surface area contributed by atoms with Crippen LogP contribution in [0.25, 0.3) is 0 Å². The van der Waals surface area contributed by atoms with Crippen molar-refractivity contribution in [3.63, 3.8) is 0 Å². The van der Waals surface area contributed by atoms with Crippen molar-refractivity contribution < 1.29 is 4.79 Å². The minimum Gasteiger partial charge on any atom is -0.354 e. The van der Waals surface area contributed by atoms with Crippen LogP contribution in [-0.2, 0) is 0 Å². The number of carbonyl (C=O) groups is 1. The van der Waals surface area contributed by atoms with Crippen LogP contribution < -0.4 is 10.2 Å². The average molecular weight is 316 g/mol. The Morgan fingerprint density at radius 1 is 1.30 bits per heavy atom. The summed E-state index contributed by atoms with van der Waals surface area (Å²) >= 11 is 0. The van der Waals surface area contributed by atoms with Crippen molar-refractivity contribution in [2.24, 2.45) is 0 Å². The zero-order valence-corrected chi connectivity index (χ0v) is 14.3. The van der Waals surface area contributed by atoms with Gasteiger partial charge in [-0.05, 0) is 64.8 Å². The van der Waals surface area contributed by atoms with E-state index >= 15 is 0 Å². The summed E-state index contributed by atoms with van der Waals surface area (Å²) in [7, 11) is 2.13. The van der Waals surface area contributed by atoms with Gasteiger partial charge in [-0.1, -0.05) is 0 Å². The van der Waals surface area contributed by atoms with Crippen LogP contribution in [0.15, 0.2) is 18.3 Å². The molecule has 0 radical (unpaired) electrons. The highest BCUT2D eigenvalue weighted by Crippen LogP contribution is 2.23. The third-order valence-corrected chi connectivity index (χ3v) is 5.27. The minimum atomic E-state index is 0.0126. The summed E-state index contributed by atoms with van der Waals surface area (Å²) in [5.41, 5.74) is 0.716. The molecule has 2 atom stereocenters. The van der Waals surface area contributed by atoms with Gasteiger partial charge in [0.1, 0.15) is 5.82 Å². The summed E-state index contributed by atoms with van der Waals surface area (Å²) in [4.78, 5) is 21.6. The first kappa shape index (κ1) is 16.2. The molecule has 2 fully saturated rings. The van der Waals surface area contributed by atoms with Crippen LogP contribution in [0.5, 0.6) is 0 Å². The third kappa shape index (κ3) is 3.83. The quantitative estimate of drug-likeness (QED) is 0.926. The number of pyridine rings is 1. The van der Waals surface area contributed by atoms with E-state index in [0.717, 1.165) is 25.5 Å². The van der Waals surface area contributed by atoms with Gasteiger partial charge in [-0.2, -0.15) is 0 Å². The molecule has 0 aromatic carbocycles. The number of piperidine rings is 1. The number of carbonyl (C=O) groups excluding carboxylic acids is 1. The Kier molecular flexibility index (Phi) is 5.16. The fourth-order valence-electron chi connectivity index (χ4n) is 3.70. The first-order chi connectivity index (χ1) is 11.1. The molecule has 2 aliphatic rings. The number of likely N-dealkylation sites (N-methyl/N-ethyl adjacent to an activating group) is 1. The summed E-state index contributed by atoms with van der Waals surface area (Å²) in [6, 6.07) is 4.73. The molecule has 1 aromatic rings. The van der Waals surface area contributed by atoms with Gasteiger partial charge >= 0.3 is 0 Å². The zero-order chi connectivity index (χ0) is 16.2. The van der Waals surface area contributed by atoms with Gasteiger partial charge in [0, 0.05) is 36.9 Å². The van der Waals surface area contributed by atoms with E-state index in [1.54, 1.807) is 6.20 Å². The molecule has 5 heteroatoms. The topological polar surface area (TPSA) is 48.5 Å². The lowest BCUT2D eigenvalue weighted by Crippen LogP contribution is -2.39.